The molecule has 2 nitrogen and oxygen atoms in total. The molecule has 2 bridgehead atoms. The Kier molecular flexibility index (Phi) is 6.52. The van der Waals surface area contributed by atoms with Crippen LogP contribution in [0.1, 0.15) is 37.7 Å². The van der Waals surface area contributed by atoms with E-state index >= 15 is 0 Å². The first-order valence-corrected chi connectivity index (χ1v) is 17.7. The molecule has 1 aromatic heterocycles. The van der Waals surface area contributed by atoms with E-state index in [4.69, 9.17) is 4.42 Å². The summed E-state index contributed by atoms with van der Waals surface area (Å²) in [6.45, 7) is 0. The van der Waals surface area contributed by atoms with Crippen molar-refractivity contribution >= 4 is 49.8 Å². The first-order valence-electron chi connectivity index (χ1n) is 17.7. The Morgan fingerprint density at radius 3 is 1.86 bits per heavy atom. The van der Waals surface area contributed by atoms with Gasteiger partial charge in [-0.25, -0.2) is 0 Å². The molecule has 2 fully saturated rings. The summed E-state index contributed by atoms with van der Waals surface area (Å²) in [6, 6.07) is 57.3. The lowest BCUT2D eigenvalue weighted by atomic mass is 9.77. The highest BCUT2D eigenvalue weighted by atomic mass is 16.3. The molecule has 0 spiro atoms. The Bertz CT molecular complexity index is 2460. The Labute approximate surface area is 287 Å². The Hall–Kier alpha value is -5.60. The largest absolute Gasteiger partial charge is 0.456 e. The third-order valence-corrected chi connectivity index (χ3v) is 11.5. The molecule has 0 N–H and O–H groups in total. The van der Waals surface area contributed by atoms with Gasteiger partial charge in [-0.3, -0.25) is 0 Å². The fraction of sp³-hybridized carbons (Fsp3) is 0.149. The number of fused-ring (bicyclic) bond motifs is 6. The van der Waals surface area contributed by atoms with Crippen LogP contribution >= 0.6 is 0 Å². The normalized spacial score (nSPS) is 18.5. The van der Waals surface area contributed by atoms with Crippen LogP contribution in [0, 0.1) is 5.92 Å². The van der Waals surface area contributed by atoms with Crippen LogP contribution < -0.4 is 4.90 Å². The molecule has 0 atom stereocenters. The maximum atomic E-state index is 6.55. The van der Waals surface area contributed by atoms with E-state index in [0.717, 1.165) is 34.1 Å². The van der Waals surface area contributed by atoms with Gasteiger partial charge in [-0.2, -0.15) is 0 Å². The molecule has 236 valence electrons. The summed E-state index contributed by atoms with van der Waals surface area (Å²) in [4.78, 5) is 2.33. The molecule has 0 aliphatic heterocycles. The predicted octanol–water partition coefficient (Wildman–Crippen LogP) is 13.4. The van der Waals surface area contributed by atoms with E-state index in [1.807, 2.05) is 0 Å². The molecule has 7 aromatic carbocycles. The van der Waals surface area contributed by atoms with Gasteiger partial charge in [0, 0.05) is 33.9 Å². The third-order valence-electron chi connectivity index (χ3n) is 11.5. The highest BCUT2D eigenvalue weighted by Crippen LogP contribution is 2.56. The summed E-state index contributed by atoms with van der Waals surface area (Å²) < 4.78 is 6.55. The van der Waals surface area contributed by atoms with E-state index in [1.165, 1.54) is 81.5 Å². The molecule has 2 aliphatic rings. The molecule has 2 saturated carbocycles. The highest BCUT2D eigenvalue weighted by Gasteiger charge is 2.45. The van der Waals surface area contributed by atoms with Gasteiger partial charge in [-0.1, -0.05) is 103 Å². The van der Waals surface area contributed by atoms with Crippen LogP contribution in [0.4, 0.5) is 17.1 Å². The number of nitrogens with zero attached hydrogens (tertiary/aromatic N) is 1. The molecular weight excluding hydrogens is 595 g/mol. The van der Waals surface area contributed by atoms with Crippen molar-refractivity contribution < 1.29 is 4.42 Å². The molecule has 0 radical (unpaired) electrons. The summed E-state index contributed by atoms with van der Waals surface area (Å²) in [7, 11) is 0. The highest BCUT2D eigenvalue weighted by molar-refractivity contribution is 6.07. The Morgan fingerprint density at radius 1 is 0.510 bits per heavy atom. The molecule has 2 heteroatoms. The van der Waals surface area contributed by atoms with E-state index in [1.54, 1.807) is 0 Å². The lowest BCUT2D eigenvalue weighted by Gasteiger charge is -2.27. The second kappa shape index (κ2) is 11.2. The average molecular weight is 632 g/mol. The third kappa shape index (κ3) is 4.70. The quantitative estimate of drug-likeness (QED) is 0.182. The molecule has 1 heterocycles. The summed E-state index contributed by atoms with van der Waals surface area (Å²) in [5.74, 6) is 0.927. The van der Waals surface area contributed by atoms with Crippen molar-refractivity contribution in [3.8, 4) is 22.3 Å². The average Bonchev–Trinajstić information content (AvgIpc) is 3.89. The lowest BCUT2D eigenvalue weighted by Crippen LogP contribution is -2.19. The van der Waals surface area contributed by atoms with E-state index in [2.05, 4.69) is 163 Å². The molecule has 0 amide bonds. The van der Waals surface area contributed by atoms with E-state index < -0.39 is 0 Å². The van der Waals surface area contributed by atoms with Crippen LogP contribution in [0.5, 0.6) is 0 Å². The van der Waals surface area contributed by atoms with Crippen molar-refractivity contribution in [3.63, 3.8) is 0 Å². The summed E-state index contributed by atoms with van der Waals surface area (Å²) >= 11 is 0. The van der Waals surface area contributed by atoms with Crippen LogP contribution in [-0.2, 0) is 5.41 Å². The van der Waals surface area contributed by atoms with Gasteiger partial charge in [0.15, 0.2) is 0 Å². The van der Waals surface area contributed by atoms with Gasteiger partial charge in [0.2, 0.25) is 0 Å². The molecule has 0 saturated heterocycles. The number of benzene rings is 7. The minimum absolute atomic E-state index is 0.383. The standard InChI is InChI=1S/C47H37NO/c1-3-9-33(10-4-1)40-15-7-11-35-12-8-16-41(46(35)40)34-17-20-38(21-18-34)48(37-13-5-2-6-14-37)39-22-23-42-43-29-36(19-24-44(43)49-45(42)30-39)47-27-25-32(31-47)26-28-47/h1-24,29-30,32H,25-28,31H2. The Morgan fingerprint density at radius 2 is 1.16 bits per heavy atom. The molecule has 2 aliphatic carbocycles. The maximum Gasteiger partial charge on any atom is 0.137 e. The fourth-order valence-corrected chi connectivity index (χ4v) is 9.09. The van der Waals surface area contributed by atoms with Gasteiger partial charge >= 0.3 is 0 Å². The van der Waals surface area contributed by atoms with Crippen LogP contribution in [0.15, 0.2) is 162 Å². The smallest absolute Gasteiger partial charge is 0.137 e. The summed E-state index contributed by atoms with van der Waals surface area (Å²) in [5.41, 5.74) is 12.0. The zero-order valence-electron chi connectivity index (χ0n) is 27.5. The SMILES string of the molecule is c1ccc(-c2cccc3cccc(-c4ccc(N(c5ccccc5)c5ccc6c(c5)oc5ccc(C78CCC(CC7)C8)cc56)cc4)c23)cc1. The van der Waals surface area contributed by atoms with Gasteiger partial charge < -0.3 is 9.32 Å². The van der Waals surface area contributed by atoms with Crippen LogP contribution in [0.25, 0.3) is 55.0 Å². The van der Waals surface area contributed by atoms with Crippen molar-refractivity contribution in [1.82, 2.24) is 0 Å². The van der Waals surface area contributed by atoms with E-state index in [-0.39, 0.29) is 0 Å². The first kappa shape index (κ1) is 28.4. The van der Waals surface area contributed by atoms with Crippen LogP contribution in [-0.4, -0.2) is 0 Å². The monoisotopic (exact) mass is 631 g/mol. The number of para-hydroxylation sites is 1. The van der Waals surface area contributed by atoms with Crippen LogP contribution in [0.2, 0.25) is 0 Å². The number of furan rings is 1. The van der Waals surface area contributed by atoms with Gasteiger partial charge in [0.1, 0.15) is 11.2 Å². The molecule has 8 aromatic rings. The van der Waals surface area contributed by atoms with Gasteiger partial charge in [-0.15, -0.1) is 0 Å². The van der Waals surface area contributed by atoms with Crippen LogP contribution in [0.3, 0.4) is 0 Å². The molecule has 49 heavy (non-hydrogen) atoms. The number of hydrogen-bond acceptors (Lipinski definition) is 2. The maximum absolute atomic E-state index is 6.55. The molecule has 10 rings (SSSR count). The zero-order chi connectivity index (χ0) is 32.4. The predicted molar refractivity (Wildman–Crippen MR) is 205 cm³/mol. The van der Waals surface area contributed by atoms with E-state index in [0.29, 0.717) is 5.41 Å². The minimum atomic E-state index is 0.383. The topological polar surface area (TPSA) is 16.4 Å². The van der Waals surface area contributed by atoms with Gasteiger partial charge in [0.05, 0.1) is 0 Å². The van der Waals surface area contributed by atoms with Crippen molar-refractivity contribution in [2.75, 3.05) is 4.90 Å². The van der Waals surface area contributed by atoms with Crippen molar-refractivity contribution in [2.45, 2.75) is 37.5 Å². The summed E-state index contributed by atoms with van der Waals surface area (Å²) in [6.07, 6.45) is 6.81. The van der Waals surface area contributed by atoms with Gasteiger partial charge in [0.25, 0.3) is 0 Å². The number of hydrogen-bond donors (Lipinski definition) is 0. The second-order valence-corrected chi connectivity index (χ2v) is 14.2. The first-order chi connectivity index (χ1) is 24.2. The molecular formula is C47H37NO. The Balaban J connectivity index is 1.06. The zero-order valence-corrected chi connectivity index (χ0v) is 27.5. The number of rotatable bonds is 6. The van der Waals surface area contributed by atoms with Crippen molar-refractivity contribution in [3.05, 3.63) is 163 Å². The second-order valence-electron chi connectivity index (χ2n) is 14.2. The fourth-order valence-electron chi connectivity index (χ4n) is 9.09. The van der Waals surface area contributed by atoms with E-state index in [9.17, 15) is 0 Å². The van der Waals surface area contributed by atoms with Gasteiger partial charge in [-0.05, 0) is 131 Å². The van der Waals surface area contributed by atoms with Crippen molar-refractivity contribution in [1.29, 1.82) is 0 Å². The minimum Gasteiger partial charge on any atom is -0.456 e. The number of anilines is 3. The van der Waals surface area contributed by atoms with Crippen molar-refractivity contribution in [2.24, 2.45) is 5.92 Å². The lowest BCUT2D eigenvalue weighted by molar-refractivity contribution is 0.419. The molecule has 0 unspecified atom stereocenters. The summed E-state index contributed by atoms with van der Waals surface area (Å²) in [5, 5.41) is 4.96.